The van der Waals surface area contributed by atoms with Crippen LogP contribution in [0.4, 0.5) is 5.69 Å². The highest BCUT2D eigenvalue weighted by Crippen LogP contribution is 2.30. The third-order valence-corrected chi connectivity index (χ3v) is 4.53. The van der Waals surface area contributed by atoms with Gasteiger partial charge in [0.2, 0.25) is 0 Å². The average Bonchev–Trinajstić information content (AvgIpc) is 3.11. The normalized spacial score (nSPS) is 11.3. The Kier molecular flexibility index (Phi) is 7.48. The van der Waals surface area contributed by atoms with Crippen LogP contribution in [-0.4, -0.2) is 41.0 Å². The van der Waals surface area contributed by atoms with Crippen LogP contribution in [0, 0.1) is 13.8 Å². The second-order valence-corrected chi connectivity index (χ2v) is 6.98. The van der Waals surface area contributed by atoms with E-state index in [1.54, 1.807) is 7.11 Å². The number of nitrogens with one attached hydrogen (secondary N) is 2. The number of aliphatic imine (C=N–C) groups is 1. The zero-order chi connectivity index (χ0) is 22.2. The molecule has 2 N–H and O–H groups in total. The van der Waals surface area contributed by atoms with E-state index in [1.807, 2.05) is 75.0 Å². The van der Waals surface area contributed by atoms with E-state index in [0.717, 1.165) is 35.0 Å². The summed E-state index contributed by atoms with van der Waals surface area (Å²) in [7, 11) is 1.63. The molecule has 0 saturated heterocycles. The quantitative estimate of drug-likeness (QED) is 0.423. The molecule has 31 heavy (non-hydrogen) atoms. The predicted molar refractivity (Wildman–Crippen MR) is 123 cm³/mol. The van der Waals surface area contributed by atoms with Crippen LogP contribution in [0.15, 0.2) is 47.6 Å². The molecule has 0 aliphatic rings. The number of benzene rings is 1. The SMILES string of the molecule is CCNC(=NCc1ccc(-n2nc(C)cc2C)nc1)Nc1ccc(OC)c(OCC)c1. The molecule has 0 atom stereocenters. The van der Waals surface area contributed by atoms with Gasteiger partial charge in [0.15, 0.2) is 23.3 Å². The zero-order valence-electron chi connectivity index (χ0n) is 18.8. The fraction of sp³-hybridized carbons (Fsp3) is 0.348. The summed E-state index contributed by atoms with van der Waals surface area (Å²) in [6, 6.07) is 11.7. The summed E-state index contributed by atoms with van der Waals surface area (Å²) in [5.41, 5.74) is 3.90. The van der Waals surface area contributed by atoms with E-state index in [-0.39, 0.29) is 0 Å². The number of rotatable bonds is 8. The molecule has 0 bridgehead atoms. The van der Waals surface area contributed by atoms with E-state index in [0.29, 0.717) is 30.6 Å². The smallest absolute Gasteiger partial charge is 0.196 e. The molecule has 164 valence electrons. The number of aromatic nitrogens is 3. The molecule has 0 amide bonds. The van der Waals surface area contributed by atoms with Crippen LogP contribution in [0.2, 0.25) is 0 Å². The summed E-state index contributed by atoms with van der Waals surface area (Å²) < 4.78 is 12.8. The van der Waals surface area contributed by atoms with Crippen molar-refractivity contribution in [2.45, 2.75) is 34.2 Å². The van der Waals surface area contributed by atoms with Crippen LogP contribution >= 0.6 is 0 Å². The average molecular weight is 423 g/mol. The van der Waals surface area contributed by atoms with Gasteiger partial charge in [-0.3, -0.25) is 0 Å². The van der Waals surface area contributed by atoms with Crippen molar-refractivity contribution >= 4 is 11.6 Å². The predicted octanol–water partition coefficient (Wildman–Crippen LogP) is 3.87. The highest BCUT2D eigenvalue weighted by molar-refractivity contribution is 5.93. The number of guanidine groups is 1. The van der Waals surface area contributed by atoms with Gasteiger partial charge in [-0.05, 0) is 57.5 Å². The van der Waals surface area contributed by atoms with Crippen molar-refractivity contribution in [1.29, 1.82) is 0 Å². The van der Waals surface area contributed by atoms with E-state index in [4.69, 9.17) is 9.47 Å². The minimum atomic E-state index is 0.494. The largest absolute Gasteiger partial charge is 0.493 e. The first-order valence-electron chi connectivity index (χ1n) is 10.4. The molecule has 2 heterocycles. The lowest BCUT2D eigenvalue weighted by molar-refractivity contribution is 0.311. The third kappa shape index (κ3) is 5.75. The molecule has 1 aromatic carbocycles. The topological polar surface area (TPSA) is 85.6 Å². The fourth-order valence-electron chi connectivity index (χ4n) is 3.13. The summed E-state index contributed by atoms with van der Waals surface area (Å²) in [4.78, 5) is 9.22. The molecule has 0 unspecified atom stereocenters. The summed E-state index contributed by atoms with van der Waals surface area (Å²) in [6.07, 6.45) is 1.83. The van der Waals surface area contributed by atoms with Crippen molar-refractivity contribution in [2.24, 2.45) is 4.99 Å². The first kappa shape index (κ1) is 22.1. The van der Waals surface area contributed by atoms with Gasteiger partial charge in [0.05, 0.1) is 26.0 Å². The minimum absolute atomic E-state index is 0.494. The van der Waals surface area contributed by atoms with Crippen molar-refractivity contribution in [3.8, 4) is 17.3 Å². The second-order valence-electron chi connectivity index (χ2n) is 6.98. The number of ether oxygens (including phenoxy) is 2. The van der Waals surface area contributed by atoms with E-state index < -0.39 is 0 Å². The second kappa shape index (κ2) is 10.5. The van der Waals surface area contributed by atoms with Gasteiger partial charge in [0, 0.05) is 30.2 Å². The van der Waals surface area contributed by atoms with Crippen LogP contribution in [-0.2, 0) is 6.54 Å². The molecule has 0 spiro atoms. The van der Waals surface area contributed by atoms with Crippen LogP contribution in [0.25, 0.3) is 5.82 Å². The number of aryl methyl sites for hydroxylation is 2. The Morgan fingerprint density at radius 2 is 1.94 bits per heavy atom. The van der Waals surface area contributed by atoms with Gasteiger partial charge < -0.3 is 20.1 Å². The lowest BCUT2D eigenvalue weighted by atomic mass is 10.2. The minimum Gasteiger partial charge on any atom is -0.493 e. The molecule has 0 radical (unpaired) electrons. The zero-order valence-corrected chi connectivity index (χ0v) is 18.8. The van der Waals surface area contributed by atoms with Crippen molar-refractivity contribution in [3.05, 3.63) is 59.5 Å². The van der Waals surface area contributed by atoms with Crippen molar-refractivity contribution < 1.29 is 9.47 Å². The maximum absolute atomic E-state index is 5.66. The molecule has 3 aromatic rings. The lowest BCUT2D eigenvalue weighted by Crippen LogP contribution is -2.30. The van der Waals surface area contributed by atoms with E-state index in [9.17, 15) is 0 Å². The molecule has 8 heteroatoms. The fourth-order valence-corrected chi connectivity index (χ4v) is 3.13. The monoisotopic (exact) mass is 422 g/mol. The summed E-state index contributed by atoms with van der Waals surface area (Å²) in [5, 5.41) is 11.1. The molecule has 3 rings (SSSR count). The number of hydrogen-bond acceptors (Lipinski definition) is 5. The van der Waals surface area contributed by atoms with Crippen LogP contribution in [0.1, 0.15) is 30.8 Å². The summed E-state index contributed by atoms with van der Waals surface area (Å²) in [5.74, 6) is 2.86. The first-order chi connectivity index (χ1) is 15.0. The van der Waals surface area contributed by atoms with Gasteiger partial charge in [-0.25, -0.2) is 14.7 Å². The Balaban J connectivity index is 1.72. The van der Waals surface area contributed by atoms with Crippen molar-refractivity contribution in [3.63, 3.8) is 0 Å². The molecule has 0 saturated carbocycles. The molecule has 2 aromatic heterocycles. The van der Waals surface area contributed by atoms with Gasteiger partial charge in [-0.2, -0.15) is 5.10 Å². The Morgan fingerprint density at radius 3 is 2.55 bits per heavy atom. The Bertz CT molecular complexity index is 1030. The molecule has 8 nitrogen and oxygen atoms in total. The molecular weight excluding hydrogens is 392 g/mol. The maximum atomic E-state index is 5.66. The number of anilines is 1. The van der Waals surface area contributed by atoms with Gasteiger partial charge >= 0.3 is 0 Å². The number of pyridine rings is 1. The van der Waals surface area contributed by atoms with Gasteiger partial charge in [0.1, 0.15) is 0 Å². The van der Waals surface area contributed by atoms with Crippen LogP contribution < -0.4 is 20.1 Å². The molecule has 0 aliphatic carbocycles. The third-order valence-electron chi connectivity index (χ3n) is 4.53. The Labute approximate surface area is 183 Å². The molecule has 0 fully saturated rings. The van der Waals surface area contributed by atoms with Crippen molar-refractivity contribution in [1.82, 2.24) is 20.1 Å². The maximum Gasteiger partial charge on any atom is 0.196 e. The van der Waals surface area contributed by atoms with Crippen LogP contribution in [0.3, 0.4) is 0 Å². The first-order valence-corrected chi connectivity index (χ1v) is 10.4. The van der Waals surface area contributed by atoms with Gasteiger partial charge in [-0.15, -0.1) is 0 Å². The number of hydrogen-bond donors (Lipinski definition) is 2. The van der Waals surface area contributed by atoms with Gasteiger partial charge in [-0.1, -0.05) is 6.07 Å². The summed E-state index contributed by atoms with van der Waals surface area (Å²) in [6.45, 7) is 9.77. The van der Waals surface area contributed by atoms with Crippen molar-refractivity contribution in [2.75, 3.05) is 25.6 Å². The highest BCUT2D eigenvalue weighted by Gasteiger charge is 2.08. The van der Waals surface area contributed by atoms with Crippen LogP contribution in [0.5, 0.6) is 11.5 Å². The summed E-state index contributed by atoms with van der Waals surface area (Å²) >= 11 is 0. The molecular formula is C23H30N6O2. The molecule has 0 aliphatic heterocycles. The number of nitrogens with zero attached hydrogens (tertiary/aromatic N) is 4. The lowest BCUT2D eigenvalue weighted by Gasteiger charge is -2.14. The van der Waals surface area contributed by atoms with E-state index in [1.165, 1.54) is 0 Å². The number of methoxy groups -OCH3 is 1. The van der Waals surface area contributed by atoms with E-state index in [2.05, 4.69) is 25.7 Å². The highest BCUT2D eigenvalue weighted by atomic mass is 16.5. The Hall–Kier alpha value is -3.55. The standard InChI is InChI=1S/C23H30N6O2/c1-6-24-23(27-19-9-10-20(30-5)21(13-19)31-7-2)26-15-18-8-11-22(25-14-18)29-17(4)12-16(3)28-29/h8-14H,6-7,15H2,1-5H3,(H2,24,26,27). The Morgan fingerprint density at radius 1 is 1.10 bits per heavy atom. The van der Waals surface area contributed by atoms with E-state index >= 15 is 0 Å². The van der Waals surface area contributed by atoms with Gasteiger partial charge in [0.25, 0.3) is 0 Å².